The van der Waals surface area contributed by atoms with Crippen LogP contribution >= 0.6 is 11.8 Å². The third-order valence-electron chi connectivity index (χ3n) is 4.11. The summed E-state index contributed by atoms with van der Waals surface area (Å²) in [6.07, 6.45) is 11.7. The number of carbonyl (C=O) groups is 1. The van der Waals surface area contributed by atoms with Crippen LogP contribution in [0.25, 0.3) is 0 Å². The zero-order valence-electron chi connectivity index (χ0n) is 13.0. The van der Waals surface area contributed by atoms with Crippen LogP contribution in [-0.4, -0.2) is 39.7 Å². The Bertz CT molecular complexity index is 449. The molecule has 0 spiro atoms. The molecule has 0 saturated heterocycles. The number of imidazole rings is 1. The normalized spacial score (nSPS) is 22.0. The lowest BCUT2D eigenvalue weighted by molar-refractivity contribution is 0.233. The number of aromatic nitrogens is 2. The summed E-state index contributed by atoms with van der Waals surface area (Å²) in [4.78, 5) is 16.1. The highest BCUT2D eigenvalue weighted by Gasteiger charge is 2.25. The molecular formula is C15H26N4OS. The second-order valence-corrected chi connectivity index (χ2v) is 6.66. The van der Waals surface area contributed by atoms with Gasteiger partial charge in [-0.05, 0) is 32.4 Å². The monoisotopic (exact) mass is 310 g/mol. The van der Waals surface area contributed by atoms with Crippen LogP contribution in [0.5, 0.6) is 0 Å². The summed E-state index contributed by atoms with van der Waals surface area (Å²) >= 11 is 1.87. The zero-order chi connectivity index (χ0) is 15.1. The van der Waals surface area contributed by atoms with Gasteiger partial charge in [0.1, 0.15) is 5.82 Å². The molecule has 1 aliphatic carbocycles. The minimum absolute atomic E-state index is 0.0247. The fraction of sp³-hybridized carbons (Fsp3) is 0.733. The summed E-state index contributed by atoms with van der Waals surface area (Å²) in [5.41, 5.74) is 0. The molecule has 1 aromatic rings. The zero-order valence-corrected chi connectivity index (χ0v) is 13.8. The highest BCUT2D eigenvalue weighted by molar-refractivity contribution is 7.99. The van der Waals surface area contributed by atoms with Crippen LogP contribution in [0.4, 0.5) is 4.79 Å². The van der Waals surface area contributed by atoms with E-state index in [1.54, 1.807) is 6.20 Å². The highest BCUT2D eigenvalue weighted by atomic mass is 32.2. The van der Waals surface area contributed by atoms with Crippen LogP contribution in [0, 0.1) is 6.92 Å². The third-order valence-corrected chi connectivity index (χ3v) is 5.28. The number of rotatable bonds is 6. The molecule has 118 valence electrons. The first-order chi connectivity index (χ1) is 10.2. The molecule has 0 aromatic carbocycles. The fourth-order valence-electron chi connectivity index (χ4n) is 2.85. The van der Waals surface area contributed by atoms with E-state index in [1.165, 1.54) is 19.3 Å². The minimum atomic E-state index is -0.0247. The van der Waals surface area contributed by atoms with E-state index in [1.807, 2.05) is 24.9 Å². The minimum Gasteiger partial charge on any atom is -0.338 e. The Hall–Kier alpha value is -1.17. The molecule has 2 atom stereocenters. The molecule has 5 nitrogen and oxygen atoms in total. The molecule has 1 saturated carbocycles. The van der Waals surface area contributed by atoms with Crippen molar-refractivity contribution in [3.8, 4) is 0 Å². The summed E-state index contributed by atoms with van der Waals surface area (Å²) in [5, 5.41) is 6.67. The van der Waals surface area contributed by atoms with Crippen molar-refractivity contribution in [1.82, 2.24) is 20.2 Å². The smallest absolute Gasteiger partial charge is 0.315 e. The fourth-order valence-corrected chi connectivity index (χ4v) is 3.79. The molecule has 2 unspecified atom stereocenters. The van der Waals surface area contributed by atoms with Crippen LogP contribution < -0.4 is 10.6 Å². The summed E-state index contributed by atoms with van der Waals surface area (Å²) in [7, 11) is 0. The molecule has 6 heteroatoms. The number of hydrogen-bond donors (Lipinski definition) is 2. The number of urea groups is 1. The quantitative estimate of drug-likeness (QED) is 0.794. The Kier molecular flexibility index (Phi) is 6.42. The molecule has 1 heterocycles. The molecule has 0 radical (unpaired) electrons. The van der Waals surface area contributed by atoms with Gasteiger partial charge in [-0.25, -0.2) is 9.78 Å². The van der Waals surface area contributed by atoms with Gasteiger partial charge in [-0.1, -0.05) is 12.8 Å². The number of amides is 2. The summed E-state index contributed by atoms with van der Waals surface area (Å²) in [6, 6.07) is 0.299. The van der Waals surface area contributed by atoms with Crippen molar-refractivity contribution < 1.29 is 4.79 Å². The maximum Gasteiger partial charge on any atom is 0.315 e. The highest BCUT2D eigenvalue weighted by Crippen LogP contribution is 2.26. The Balaban J connectivity index is 1.64. The number of carbonyl (C=O) groups excluding carboxylic acids is 1. The first-order valence-electron chi connectivity index (χ1n) is 7.75. The van der Waals surface area contributed by atoms with E-state index in [0.717, 1.165) is 25.2 Å². The number of nitrogens with zero attached hydrogens (tertiary/aromatic N) is 2. The summed E-state index contributed by atoms with van der Waals surface area (Å²) in [5.74, 6) is 1.02. The van der Waals surface area contributed by atoms with Crippen LogP contribution in [-0.2, 0) is 6.54 Å². The van der Waals surface area contributed by atoms with Gasteiger partial charge in [0, 0.05) is 36.8 Å². The topological polar surface area (TPSA) is 59.0 Å². The van der Waals surface area contributed by atoms with Gasteiger partial charge in [-0.15, -0.1) is 0 Å². The van der Waals surface area contributed by atoms with Gasteiger partial charge in [0.05, 0.1) is 0 Å². The van der Waals surface area contributed by atoms with Crippen LogP contribution in [0.3, 0.4) is 0 Å². The Morgan fingerprint density at radius 3 is 3.00 bits per heavy atom. The molecule has 1 aromatic heterocycles. The van der Waals surface area contributed by atoms with Crippen molar-refractivity contribution in [2.75, 3.05) is 12.8 Å². The summed E-state index contributed by atoms with van der Waals surface area (Å²) in [6.45, 7) is 3.58. The second-order valence-electron chi connectivity index (χ2n) is 5.59. The Morgan fingerprint density at radius 2 is 2.29 bits per heavy atom. The van der Waals surface area contributed by atoms with E-state index >= 15 is 0 Å². The largest absolute Gasteiger partial charge is 0.338 e. The van der Waals surface area contributed by atoms with Gasteiger partial charge in [0.25, 0.3) is 0 Å². The number of thioether (sulfide) groups is 1. The maximum atomic E-state index is 12.0. The standard InChI is InChI=1S/C15H26N4OS/c1-12-16-9-11-19(12)10-5-8-17-15(20)18-13-6-3-4-7-14(13)21-2/h9,11,13-14H,3-8,10H2,1-2H3,(H2,17,18,20). The predicted octanol–water partition coefficient (Wildman–Crippen LogP) is 2.56. The molecule has 0 bridgehead atoms. The molecule has 2 amide bonds. The molecule has 21 heavy (non-hydrogen) atoms. The summed E-state index contributed by atoms with van der Waals surface area (Å²) < 4.78 is 2.10. The van der Waals surface area contributed by atoms with Crippen LogP contribution in [0.2, 0.25) is 0 Å². The molecule has 2 N–H and O–H groups in total. The molecule has 1 aliphatic rings. The van der Waals surface area contributed by atoms with E-state index in [9.17, 15) is 4.79 Å². The van der Waals surface area contributed by atoms with Gasteiger partial charge in [0.2, 0.25) is 0 Å². The van der Waals surface area contributed by atoms with E-state index in [2.05, 4.69) is 26.4 Å². The lowest BCUT2D eigenvalue weighted by atomic mass is 9.95. The van der Waals surface area contributed by atoms with Crippen molar-refractivity contribution in [3.63, 3.8) is 0 Å². The van der Waals surface area contributed by atoms with Gasteiger partial charge in [-0.2, -0.15) is 11.8 Å². The van der Waals surface area contributed by atoms with Gasteiger partial charge >= 0.3 is 6.03 Å². The Labute approximate surface area is 131 Å². The number of nitrogens with one attached hydrogen (secondary N) is 2. The number of hydrogen-bond acceptors (Lipinski definition) is 3. The van der Waals surface area contributed by atoms with Crippen molar-refractivity contribution in [2.45, 2.75) is 56.9 Å². The number of aryl methyl sites for hydroxylation is 2. The van der Waals surface area contributed by atoms with E-state index in [4.69, 9.17) is 0 Å². The van der Waals surface area contributed by atoms with Crippen molar-refractivity contribution in [2.24, 2.45) is 0 Å². The van der Waals surface area contributed by atoms with Crippen LogP contribution in [0.15, 0.2) is 12.4 Å². The van der Waals surface area contributed by atoms with Crippen molar-refractivity contribution >= 4 is 17.8 Å². The molecule has 0 aliphatic heterocycles. The Morgan fingerprint density at radius 1 is 1.48 bits per heavy atom. The first-order valence-corrected chi connectivity index (χ1v) is 9.04. The van der Waals surface area contributed by atoms with Gasteiger partial charge < -0.3 is 15.2 Å². The molecule has 2 rings (SSSR count). The average Bonchev–Trinajstić information content (AvgIpc) is 2.89. The lowest BCUT2D eigenvalue weighted by Crippen LogP contribution is -2.48. The molecular weight excluding hydrogens is 284 g/mol. The third kappa shape index (κ3) is 4.95. The average molecular weight is 310 g/mol. The van der Waals surface area contributed by atoms with Crippen molar-refractivity contribution in [3.05, 3.63) is 18.2 Å². The van der Waals surface area contributed by atoms with Crippen LogP contribution in [0.1, 0.15) is 37.9 Å². The second kappa shape index (κ2) is 8.32. The first kappa shape index (κ1) is 16.2. The van der Waals surface area contributed by atoms with Gasteiger partial charge in [-0.3, -0.25) is 0 Å². The van der Waals surface area contributed by atoms with E-state index in [0.29, 0.717) is 17.8 Å². The maximum absolute atomic E-state index is 12.0. The van der Waals surface area contributed by atoms with E-state index < -0.39 is 0 Å². The van der Waals surface area contributed by atoms with Gasteiger partial charge in [0.15, 0.2) is 0 Å². The SMILES string of the molecule is CSC1CCCCC1NC(=O)NCCCn1ccnc1C. The van der Waals surface area contributed by atoms with Crippen molar-refractivity contribution in [1.29, 1.82) is 0 Å². The molecule has 1 fully saturated rings. The van der Waals surface area contributed by atoms with E-state index in [-0.39, 0.29) is 6.03 Å². The lowest BCUT2D eigenvalue weighted by Gasteiger charge is -2.30. The predicted molar refractivity (Wildman–Crippen MR) is 87.7 cm³/mol.